The van der Waals surface area contributed by atoms with Gasteiger partial charge in [0.15, 0.2) is 5.65 Å². The van der Waals surface area contributed by atoms with Crippen LogP contribution in [-0.2, 0) is 4.79 Å². The van der Waals surface area contributed by atoms with Gasteiger partial charge < -0.3 is 14.9 Å². The lowest BCUT2D eigenvalue weighted by Gasteiger charge is -2.35. The molecule has 2 aliphatic rings. The summed E-state index contributed by atoms with van der Waals surface area (Å²) in [5.74, 6) is -0.630. The number of piperazine rings is 1. The summed E-state index contributed by atoms with van der Waals surface area (Å²) in [6.45, 7) is 8.63. The van der Waals surface area contributed by atoms with Crippen molar-refractivity contribution in [3.8, 4) is 22.7 Å². The Labute approximate surface area is 235 Å². The molecule has 1 amide bonds. The molecule has 2 atom stereocenters. The molecule has 2 fully saturated rings. The molecule has 2 aliphatic heterocycles. The van der Waals surface area contributed by atoms with Crippen LogP contribution in [0.2, 0.25) is 5.02 Å². The molecule has 2 aromatic heterocycles. The molecule has 4 aromatic rings. The molecule has 0 unspecified atom stereocenters. The maximum Gasteiger partial charge on any atom is 0.355 e. The lowest BCUT2D eigenvalue weighted by Crippen LogP contribution is -2.49. The van der Waals surface area contributed by atoms with Crippen molar-refractivity contribution in [3.05, 3.63) is 88.1 Å². The first-order valence-corrected chi connectivity index (χ1v) is 13.5. The number of nitrogens with zero attached hydrogens (tertiary/aromatic N) is 5. The number of phenols is 1. The van der Waals surface area contributed by atoms with E-state index in [1.165, 1.54) is 28.8 Å². The van der Waals surface area contributed by atoms with E-state index in [4.69, 9.17) is 16.6 Å². The molecule has 8 nitrogen and oxygen atoms in total. The molecule has 0 spiro atoms. The van der Waals surface area contributed by atoms with Gasteiger partial charge in [-0.05, 0) is 48.2 Å². The van der Waals surface area contributed by atoms with E-state index in [-0.39, 0.29) is 51.6 Å². The maximum atomic E-state index is 15.0. The number of fused-ring (bicyclic) bond motifs is 3. The van der Waals surface area contributed by atoms with Crippen molar-refractivity contribution in [3.63, 3.8) is 0 Å². The summed E-state index contributed by atoms with van der Waals surface area (Å²) in [7, 11) is 0. The molecular weight excluding hydrogens is 533 g/mol. The third-order valence-corrected chi connectivity index (χ3v) is 8.09. The zero-order valence-electron chi connectivity index (χ0n) is 22.0. The molecule has 6 rings (SSSR count). The first-order valence-electron chi connectivity index (χ1n) is 13.1. The number of halogens is 2. The summed E-state index contributed by atoms with van der Waals surface area (Å²) in [5, 5.41) is 11.1. The number of pyridine rings is 1. The van der Waals surface area contributed by atoms with Crippen LogP contribution in [0.5, 0.6) is 5.75 Å². The largest absolute Gasteiger partial charge is 0.507 e. The summed E-state index contributed by atoms with van der Waals surface area (Å²) in [6.07, 6.45) is 2.06. The van der Waals surface area contributed by atoms with Gasteiger partial charge in [-0.15, -0.1) is 0 Å². The van der Waals surface area contributed by atoms with Crippen molar-refractivity contribution in [2.24, 2.45) is 0 Å². The fourth-order valence-electron chi connectivity index (χ4n) is 5.96. The number of aromatic nitrogens is 3. The Morgan fingerprint density at radius 3 is 2.60 bits per heavy atom. The molecule has 2 aromatic carbocycles. The van der Waals surface area contributed by atoms with Gasteiger partial charge in [0.1, 0.15) is 17.4 Å². The summed E-state index contributed by atoms with van der Waals surface area (Å²) >= 11 is 6.70. The Morgan fingerprint density at radius 1 is 1.15 bits per heavy atom. The number of phenolic OH excluding ortho intramolecular Hbond substituents is 1. The fourth-order valence-corrected chi connectivity index (χ4v) is 6.20. The van der Waals surface area contributed by atoms with Crippen LogP contribution in [-0.4, -0.2) is 55.6 Å². The van der Waals surface area contributed by atoms with Gasteiger partial charge in [0, 0.05) is 13.1 Å². The van der Waals surface area contributed by atoms with E-state index in [0.717, 1.165) is 12.0 Å². The van der Waals surface area contributed by atoms with E-state index in [2.05, 4.69) is 11.6 Å². The zero-order chi connectivity index (χ0) is 28.3. The van der Waals surface area contributed by atoms with Gasteiger partial charge in [0.25, 0.3) is 0 Å². The number of carbonyl (C=O) groups excluding carboxylic acids is 1. The molecule has 1 N–H and O–H groups in total. The standard InChI is InChI=1S/C30H27ClFN5O3/c1-4-25(39)35-14-18-12-17(35)15-36(18)28-20-13-21(31)27(26-22(32)9-7-11-24(26)38)33-29(20)37(30(40)34-28)23-10-6-5-8-19(23)16(2)3/h4-11,13,16-18,38H,1,12,14-15H2,2-3H3/t17-,18-/m1/s1. The highest BCUT2D eigenvalue weighted by atomic mass is 35.5. The molecule has 0 radical (unpaired) electrons. The van der Waals surface area contributed by atoms with Gasteiger partial charge in [-0.25, -0.2) is 18.7 Å². The number of aromatic hydroxyl groups is 1. The number of rotatable bonds is 5. The van der Waals surface area contributed by atoms with E-state index in [1.54, 1.807) is 11.0 Å². The van der Waals surface area contributed by atoms with Crippen molar-refractivity contribution < 1.29 is 14.3 Å². The van der Waals surface area contributed by atoms with Crippen LogP contribution >= 0.6 is 11.6 Å². The molecule has 0 aliphatic carbocycles. The lowest BCUT2D eigenvalue weighted by atomic mass is 10.0. The first kappa shape index (κ1) is 26.0. The van der Waals surface area contributed by atoms with Crippen molar-refractivity contribution in [2.45, 2.75) is 38.3 Å². The second-order valence-corrected chi connectivity index (χ2v) is 10.9. The predicted molar refractivity (Wildman–Crippen MR) is 153 cm³/mol. The summed E-state index contributed by atoms with van der Waals surface area (Å²) in [4.78, 5) is 39.2. The zero-order valence-corrected chi connectivity index (χ0v) is 22.8. The van der Waals surface area contributed by atoms with Gasteiger partial charge in [-0.2, -0.15) is 4.98 Å². The van der Waals surface area contributed by atoms with Crippen LogP contribution < -0.4 is 10.6 Å². The Bertz CT molecular complexity index is 1730. The highest BCUT2D eigenvalue weighted by Gasteiger charge is 2.46. The molecular formula is C30H27ClFN5O3. The van der Waals surface area contributed by atoms with Crippen molar-refractivity contribution in [1.82, 2.24) is 19.4 Å². The predicted octanol–water partition coefficient (Wildman–Crippen LogP) is 5.04. The third kappa shape index (κ3) is 4.03. The molecule has 40 heavy (non-hydrogen) atoms. The quantitative estimate of drug-likeness (QED) is 0.344. The van der Waals surface area contributed by atoms with Gasteiger partial charge in [0.2, 0.25) is 5.91 Å². The second-order valence-electron chi connectivity index (χ2n) is 10.5. The van der Waals surface area contributed by atoms with Crippen molar-refractivity contribution in [2.75, 3.05) is 18.0 Å². The molecule has 204 valence electrons. The molecule has 2 saturated heterocycles. The number of likely N-dealkylation sites (tertiary alicyclic amines) is 1. The number of amides is 1. The van der Waals surface area contributed by atoms with Crippen LogP contribution in [0, 0.1) is 5.82 Å². The highest BCUT2D eigenvalue weighted by molar-refractivity contribution is 6.34. The number of carbonyl (C=O) groups is 1. The summed E-state index contributed by atoms with van der Waals surface area (Å²) in [6, 6.07) is 13.0. The molecule has 0 saturated carbocycles. The Morgan fingerprint density at radius 2 is 1.93 bits per heavy atom. The van der Waals surface area contributed by atoms with Gasteiger partial charge in [-0.3, -0.25) is 4.79 Å². The van der Waals surface area contributed by atoms with Crippen LogP contribution in [0.1, 0.15) is 31.7 Å². The number of hydrogen-bond acceptors (Lipinski definition) is 6. The number of para-hydroxylation sites is 1. The van der Waals surface area contributed by atoms with E-state index < -0.39 is 11.5 Å². The smallest absolute Gasteiger partial charge is 0.355 e. The maximum absolute atomic E-state index is 15.0. The summed E-state index contributed by atoms with van der Waals surface area (Å²) in [5.41, 5.74) is 1.08. The molecule has 2 bridgehead atoms. The minimum absolute atomic E-state index is 0.0165. The van der Waals surface area contributed by atoms with E-state index in [1.807, 2.05) is 43.0 Å². The topological polar surface area (TPSA) is 91.6 Å². The Balaban J connectivity index is 1.62. The number of hydrogen-bond donors (Lipinski definition) is 1. The van der Waals surface area contributed by atoms with Gasteiger partial charge in [-0.1, -0.05) is 56.3 Å². The normalized spacial score (nSPS) is 18.2. The molecule has 10 heteroatoms. The van der Waals surface area contributed by atoms with Crippen LogP contribution in [0.3, 0.4) is 0 Å². The van der Waals surface area contributed by atoms with Gasteiger partial charge in [0.05, 0.1) is 39.4 Å². The average molecular weight is 560 g/mol. The molecule has 4 heterocycles. The van der Waals surface area contributed by atoms with Crippen LogP contribution in [0.4, 0.5) is 10.2 Å². The Kier molecular flexibility index (Phi) is 6.34. The van der Waals surface area contributed by atoms with E-state index in [0.29, 0.717) is 30.0 Å². The van der Waals surface area contributed by atoms with Gasteiger partial charge >= 0.3 is 5.69 Å². The number of benzene rings is 2. The van der Waals surface area contributed by atoms with Crippen LogP contribution in [0.25, 0.3) is 28.0 Å². The van der Waals surface area contributed by atoms with Crippen molar-refractivity contribution in [1.29, 1.82) is 0 Å². The minimum Gasteiger partial charge on any atom is -0.507 e. The highest BCUT2D eigenvalue weighted by Crippen LogP contribution is 2.41. The minimum atomic E-state index is -0.691. The number of anilines is 1. The fraction of sp³-hybridized carbons (Fsp3) is 0.267. The average Bonchev–Trinajstić information content (AvgIpc) is 3.54. The lowest BCUT2D eigenvalue weighted by molar-refractivity contribution is -0.127. The second kappa shape index (κ2) is 9.75. The third-order valence-electron chi connectivity index (χ3n) is 7.80. The van der Waals surface area contributed by atoms with E-state index >= 15 is 0 Å². The monoisotopic (exact) mass is 559 g/mol. The summed E-state index contributed by atoms with van der Waals surface area (Å²) < 4.78 is 16.4. The van der Waals surface area contributed by atoms with Crippen molar-refractivity contribution >= 4 is 34.4 Å². The first-order chi connectivity index (χ1) is 19.2. The Hall–Kier alpha value is -4.24. The van der Waals surface area contributed by atoms with E-state index in [9.17, 15) is 19.1 Å². The SMILES string of the molecule is C=CC(=O)N1C[C@H]2C[C@@H]1CN2c1nc(=O)n(-c2ccccc2C(C)C)c2nc(-c3c(O)cccc3F)c(Cl)cc12. The van der Waals surface area contributed by atoms with Crippen LogP contribution in [0.15, 0.2) is 66.0 Å².